The van der Waals surface area contributed by atoms with Gasteiger partial charge in [-0.3, -0.25) is 0 Å². The molecule has 1 heteroatoms. The van der Waals surface area contributed by atoms with Crippen LogP contribution < -0.4 is 0 Å². The molecule has 0 N–H and O–H groups in total. The first kappa shape index (κ1) is 7.56. The molecular weight excluding hydrogens is 148 g/mol. The van der Waals surface area contributed by atoms with Crippen molar-refractivity contribution in [2.75, 3.05) is 6.61 Å². The highest BCUT2D eigenvalue weighted by atomic mass is 16.5. The van der Waals surface area contributed by atoms with Gasteiger partial charge in [-0.1, -0.05) is 42.0 Å². The van der Waals surface area contributed by atoms with E-state index in [4.69, 9.17) is 4.74 Å². The maximum Gasteiger partial charge on any atom is 0.101 e. The lowest BCUT2D eigenvalue weighted by atomic mass is 10.1. The third-order valence-electron chi connectivity index (χ3n) is 2.09. The number of aryl methyl sites for hydroxylation is 1. The average molecular weight is 160 g/mol. The number of rotatable bonds is 1. The van der Waals surface area contributed by atoms with Crippen LogP contribution in [0.1, 0.15) is 17.2 Å². The Kier molecular flexibility index (Phi) is 1.96. The monoisotopic (exact) mass is 160 g/mol. The van der Waals surface area contributed by atoms with Gasteiger partial charge in [-0.05, 0) is 12.5 Å². The van der Waals surface area contributed by atoms with Crippen LogP contribution in [-0.4, -0.2) is 6.61 Å². The first-order valence-corrected chi connectivity index (χ1v) is 4.21. The normalized spacial score (nSPS) is 21.6. The molecule has 62 valence electrons. The maximum atomic E-state index is 5.47. The molecule has 0 amide bonds. The fourth-order valence-electron chi connectivity index (χ4n) is 1.36. The molecule has 1 aliphatic rings. The molecule has 2 rings (SSSR count). The first-order chi connectivity index (χ1) is 5.86. The minimum atomic E-state index is 0.186. The summed E-state index contributed by atoms with van der Waals surface area (Å²) in [7, 11) is 0. The third kappa shape index (κ3) is 1.41. The Balaban J connectivity index is 2.23. The number of hydrogen-bond donors (Lipinski definition) is 0. The standard InChI is InChI=1S/C11H12O/c1-9-4-6-10(7-5-9)11-3-2-8-12-11/h2-7,11H,8H2,1H3/t11-/m1/s1. The van der Waals surface area contributed by atoms with Crippen LogP contribution in [0.3, 0.4) is 0 Å². The number of ether oxygens (including phenoxy) is 1. The summed E-state index contributed by atoms with van der Waals surface area (Å²) in [6.07, 6.45) is 4.35. The van der Waals surface area contributed by atoms with E-state index >= 15 is 0 Å². The first-order valence-electron chi connectivity index (χ1n) is 4.21. The van der Waals surface area contributed by atoms with E-state index < -0.39 is 0 Å². The van der Waals surface area contributed by atoms with E-state index in [0.29, 0.717) is 0 Å². The van der Waals surface area contributed by atoms with Crippen molar-refractivity contribution in [3.05, 3.63) is 47.5 Å². The van der Waals surface area contributed by atoms with Crippen molar-refractivity contribution in [3.63, 3.8) is 0 Å². The highest BCUT2D eigenvalue weighted by Gasteiger charge is 2.10. The van der Waals surface area contributed by atoms with Gasteiger partial charge in [0.15, 0.2) is 0 Å². The van der Waals surface area contributed by atoms with E-state index in [-0.39, 0.29) is 6.10 Å². The fourth-order valence-corrected chi connectivity index (χ4v) is 1.36. The lowest BCUT2D eigenvalue weighted by Gasteiger charge is -2.08. The average Bonchev–Trinajstić information content (AvgIpc) is 2.58. The van der Waals surface area contributed by atoms with Crippen LogP contribution in [0.4, 0.5) is 0 Å². The zero-order chi connectivity index (χ0) is 8.39. The van der Waals surface area contributed by atoms with Crippen LogP contribution in [0, 0.1) is 6.92 Å². The van der Waals surface area contributed by atoms with E-state index in [9.17, 15) is 0 Å². The van der Waals surface area contributed by atoms with Gasteiger partial charge < -0.3 is 4.74 Å². The van der Waals surface area contributed by atoms with Crippen molar-refractivity contribution in [1.82, 2.24) is 0 Å². The van der Waals surface area contributed by atoms with Gasteiger partial charge in [0.25, 0.3) is 0 Å². The van der Waals surface area contributed by atoms with Crippen LogP contribution in [0.15, 0.2) is 36.4 Å². The van der Waals surface area contributed by atoms with Gasteiger partial charge in [0, 0.05) is 0 Å². The largest absolute Gasteiger partial charge is 0.365 e. The summed E-state index contributed by atoms with van der Waals surface area (Å²) in [6.45, 7) is 2.84. The molecule has 0 radical (unpaired) electrons. The summed E-state index contributed by atoms with van der Waals surface area (Å²) in [5, 5.41) is 0. The van der Waals surface area contributed by atoms with Crippen molar-refractivity contribution in [2.24, 2.45) is 0 Å². The number of benzene rings is 1. The molecule has 0 aromatic heterocycles. The van der Waals surface area contributed by atoms with Crippen LogP contribution in [0.5, 0.6) is 0 Å². The van der Waals surface area contributed by atoms with Gasteiger partial charge in [-0.2, -0.15) is 0 Å². The van der Waals surface area contributed by atoms with Crippen LogP contribution in [-0.2, 0) is 4.74 Å². The molecule has 0 saturated carbocycles. The van der Waals surface area contributed by atoms with E-state index in [2.05, 4.69) is 43.3 Å². The van der Waals surface area contributed by atoms with Crippen molar-refractivity contribution < 1.29 is 4.74 Å². The lowest BCUT2D eigenvalue weighted by Crippen LogP contribution is -1.94. The molecule has 0 unspecified atom stereocenters. The molecule has 1 aromatic carbocycles. The number of hydrogen-bond acceptors (Lipinski definition) is 1. The van der Waals surface area contributed by atoms with Crippen LogP contribution in [0.2, 0.25) is 0 Å². The predicted octanol–water partition coefficient (Wildman–Crippen LogP) is 2.62. The molecule has 0 bridgehead atoms. The highest BCUT2D eigenvalue weighted by Crippen LogP contribution is 2.22. The Bertz CT molecular complexity index is 284. The molecule has 1 heterocycles. The molecule has 1 aliphatic heterocycles. The highest BCUT2D eigenvalue weighted by molar-refractivity contribution is 5.26. The van der Waals surface area contributed by atoms with Crippen LogP contribution in [0.25, 0.3) is 0 Å². The maximum absolute atomic E-state index is 5.47. The summed E-state index contributed by atoms with van der Waals surface area (Å²) in [5.41, 5.74) is 2.54. The molecule has 1 atom stereocenters. The van der Waals surface area contributed by atoms with E-state index in [1.165, 1.54) is 11.1 Å². The molecule has 1 aromatic rings. The fraction of sp³-hybridized carbons (Fsp3) is 0.273. The summed E-state index contributed by atoms with van der Waals surface area (Å²) in [5.74, 6) is 0. The summed E-state index contributed by atoms with van der Waals surface area (Å²) >= 11 is 0. The van der Waals surface area contributed by atoms with Gasteiger partial charge in [-0.25, -0.2) is 0 Å². The Morgan fingerprint density at radius 3 is 2.58 bits per heavy atom. The predicted molar refractivity (Wildman–Crippen MR) is 49.0 cm³/mol. The zero-order valence-corrected chi connectivity index (χ0v) is 7.16. The Hall–Kier alpha value is -1.08. The Morgan fingerprint density at radius 2 is 2.00 bits per heavy atom. The van der Waals surface area contributed by atoms with E-state index in [1.807, 2.05) is 0 Å². The zero-order valence-electron chi connectivity index (χ0n) is 7.16. The molecule has 12 heavy (non-hydrogen) atoms. The second-order valence-corrected chi connectivity index (χ2v) is 3.09. The molecule has 0 fully saturated rings. The van der Waals surface area contributed by atoms with Gasteiger partial charge in [-0.15, -0.1) is 0 Å². The topological polar surface area (TPSA) is 9.23 Å². The minimum absolute atomic E-state index is 0.186. The molecular formula is C11H12O. The Labute approximate surface area is 72.7 Å². The second kappa shape index (κ2) is 3.11. The third-order valence-corrected chi connectivity index (χ3v) is 2.09. The SMILES string of the molecule is Cc1ccc([C@H]2C=CCO2)cc1. The molecule has 0 aliphatic carbocycles. The van der Waals surface area contributed by atoms with Gasteiger partial charge in [0.2, 0.25) is 0 Å². The van der Waals surface area contributed by atoms with Crippen molar-refractivity contribution >= 4 is 0 Å². The van der Waals surface area contributed by atoms with E-state index in [1.54, 1.807) is 0 Å². The van der Waals surface area contributed by atoms with Crippen LogP contribution >= 0.6 is 0 Å². The summed E-state index contributed by atoms with van der Waals surface area (Å²) in [6, 6.07) is 8.47. The second-order valence-electron chi connectivity index (χ2n) is 3.09. The lowest BCUT2D eigenvalue weighted by molar-refractivity contribution is 0.129. The summed E-state index contributed by atoms with van der Waals surface area (Å²) in [4.78, 5) is 0. The Morgan fingerprint density at radius 1 is 1.25 bits per heavy atom. The van der Waals surface area contributed by atoms with E-state index in [0.717, 1.165) is 6.61 Å². The van der Waals surface area contributed by atoms with Gasteiger partial charge in [0.05, 0.1) is 6.61 Å². The van der Waals surface area contributed by atoms with Gasteiger partial charge in [0.1, 0.15) is 6.10 Å². The minimum Gasteiger partial charge on any atom is -0.365 e. The van der Waals surface area contributed by atoms with Crippen molar-refractivity contribution in [1.29, 1.82) is 0 Å². The van der Waals surface area contributed by atoms with Gasteiger partial charge >= 0.3 is 0 Å². The smallest absolute Gasteiger partial charge is 0.101 e. The van der Waals surface area contributed by atoms with Crippen molar-refractivity contribution in [3.8, 4) is 0 Å². The quantitative estimate of drug-likeness (QED) is 0.574. The van der Waals surface area contributed by atoms with Crippen molar-refractivity contribution in [2.45, 2.75) is 13.0 Å². The molecule has 1 nitrogen and oxygen atoms in total. The molecule has 0 spiro atoms. The molecule has 0 saturated heterocycles. The summed E-state index contributed by atoms with van der Waals surface area (Å²) < 4.78 is 5.47.